The fourth-order valence-corrected chi connectivity index (χ4v) is 1.18. The molecule has 0 aliphatic carbocycles. The molecule has 1 amide bonds. The van der Waals surface area contributed by atoms with Crippen molar-refractivity contribution in [3.05, 3.63) is 12.2 Å². The first-order valence-corrected chi connectivity index (χ1v) is 4.73. The van der Waals surface area contributed by atoms with Gasteiger partial charge in [-0.1, -0.05) is 0 Å². The first kappa shape index (κ1) is 12.1. The third-order valence-corrected chi connectivity index (χ3v) is 1.77. The van der Waals surface area contributed by atoms with Crippen LogP contribution in [0.15, 0.2) is 6.33 Å². The van der Waals surface area contributed by atoms with Crippen molar-refractivity contribution in [1.29, 1.82) is 5.26 Å². The number of aromatic nitrogens is 3. The van der Waals surface area contributed by atoms with Crippen LogP contribution in [0.2, 0.25) is 0 Å². The van der Waals surface area contributed by atoms with E-state index < -0.39 is 0 Å². The standard InChI is InChI=1S/C9H13N5O2/c1-7(5-16-2)12-9(15)4-14-6-11-8(3-10)13-14/h6-7H,4-5H2,1-2H3,(H,12,15). The fourth-order valence-electron chi connectivity index (χ4n) is 1.18. The van der Waals surface area contributed by atoms with Crippen molar-refractivity contribution in [2.45, 2.75) is 19.5 Å². The van der Waals surface area contributed by atoms with E-state index in [0.29, 0.717) is 6.61 Å². The molecule has 1 aromatic heterocycles. The highest BCUT2D eigenvalue weighted by molar-refractivity contribution is 5.75. The molecule has 0 spiro atoms. The van der Waals surface area contributed by atoms with Gasteiger partial charge in [0, 0.05) is 13.2 Å². The topological polar surface area (TPSA) is 92.8 Å². The summed E-state index contributed by atoms with van der Waals surface area (Å²) in [7, 11) is 1.57. The number of ether oxygens (including phenoxy) is 1. The lowest BCUT2D eigenvalue weighted by atomic mass is 10.3. The van der Waals surface area contributed by atoms with Crippen LogP contribution in [0.1, 0.15) is 12.7 Å². The zero-order chi connectivity index (χ0) is 12.0. The number of nitrogens with zero attached hydrogens (tertiary/aromatic N) is 4. The van der Waals surface area contributed by atoms with Gasteiger partial charge in [0.05, 0.1) is 6.61 Å². The maximum Gasteiger partial charge on any atom is 0.252 e. The number of rotatable bonds is 5. The number of hydrogen-bond acceptors (Lipinski definition) is 5. The van der Waals surface area contributed by atoms with Crippen LogP contribution in [0.5, 0.6) is 0 Å². The monoisotopic (exact) mass is 223 g/mol. The van der Waals surface area contributed by atoms with Gasteiger partial charge < -0.3 is 10.1 Å². The predicted octanol–water partition coefficient (Wildman–Crippen LogP) is -0.699. The third-order valence-electron chi connectivity index (χ3n) is 1.77. The van der Waals surface area contributed by atoms with Crippen LogP contribution in [0.4, 0.5) is 0 Å². The molecule has 1 heterocycles. The summed E-state index contributed by atoms with van der Waals surface area (Å²) >= 11 is 0. The summed E-state index contributed by atoms with van der Waals surface area (Å²) in [5, 5.41) is 15.0. The Bertz CT molecular complexity index is 395. The van der Waals surface area contributed by atoms with Gasteiger partial charge in [0.2, 0.25) is 5.91 Å². The number of nitrogens with one attached hydrogen (secondary N) is 1. The van der Waals surface area contributed by atoms with Crippen molar-refractivity contribution in [2.24, 2.45) is 0 Å². The van der Waals surface area contributed by atoms with Crippen molar-refractivity contribution in [1.82, 2.24) is 20.1 Å². The lowest BCUT2D eigenvalue weighted by Crippen LogP contribution is -2.37. The first-order valence-electron chi connectivity index (χ1n) is 4.73. The number of nitriles is 1. The normalized spacial score (nSPS) is 11.8. The van der Waals surface area contributed by atoms with E-state index in [0.717, 1.165) is 0 Å². The van der Waals surface area contributed by atoms with Gasteiger partial charge >= 0.3 is 0 Å². The fraction of sp³-hybridized carbons (Fsp3) is 0.556. The Labute approximate surface area is 93.0 Å². The molecule has 1 aromatic rings. The largest absolute Gasteiger partial charge is 0.383 e. The van der Waals surface area contributed by atoms with Gasteiger partial charge in [0.25, 0.3) is 5.82 Å². The molecule has 0 radical (unpaired) electrons. The van der Waals surface area contributed by atoms with Gasteiger partial charge in [-0.25, -0.2) is 9.67 Å². The number of carbonyl (C=O) groups excluding carboxylic acids is 1. The number of carbonyl (C=O) groups is 1. The molecule has 7 heteroatoms. The molecule has 0 aromatic carbocycles. The smallest absolute Gasteiger partial charge is 0.252 e. The van der Waals surface area contributed by atoms with Crippen molar-refractivity contribution < 1.29 is 9.53 Å². The molecule has 0 fully saturated rings. The molecule has 0 aliphatic rings. The maximum absolute atomic E-state index is 11.5. The highest BCUT2D eigenvalue weighted by Gasteiger charge is 2.08. The molecule has 0 bridgehead atoms. The molecule has 86 valence electrons. The van der Waals surface area contributed by atoms with E-state index in [9.17, 15) is 4.79 Å². The second-order valence-corrected chi connectivity index (χ2v) is 3.30. The van der Waals surface area contributed by atoms with Gasteiger partial charge in [-0.15, -0.1) is 5.10 Å². The van der Waals surface area contributed by atoms with E-state index in [-0.39, 0.29) is 24.3 Å². The summed E-state index contributed by atoms with van der Waals surface area (Å²) in [4.78, 5) is 15.1. The molecule has 1 N–H and O–H groups in total. The summed E-state index contributed by atoms with van der Waals surface area (Å²) in [6, 6.07) is 1.73. The minimum Gasteiger partial charge on any atom is -0.383 e. The summed E-state index contributed by atoms with van der Waals surface area (Å²) in [6.45, 7) is 2.33. The second kappa shape index (κ2) is 5.82. The quantitative estimate of drug-likeness (QED) is 0.712. The zero-order valence-electron chi connectivity index (χ0n) is 9.17. The van der Waals surface area contributed by atoms with E-state index in [4.69, 9.17) is 10.00 Å². The molecule has 1 rings (SSSR count). The summed E-state index contributed by atoms with van der Waals surface area (Å²) in [5.74, 6) is -0.142. The molecular weight excluding hydrogens is 210 g/mol. The van der Waals surface area contributed by atoms with E-state index >= 15 is 0 Å². The minimum atomic E-state index is -0.195. The van der Waals surface area contributed by atoms with Gasteiger partial charge in [0.15, 0.2) is 0 Å². The summed E-state index contributed by atoms with van der Waals surface area (Å²) in [5.41, 5.74) is 0. The van der Waals surface area contributed by atoms with Gasteiger partial charge in [-0.2, -0.15) is 5.26 Å². The first-order chi connectivity index (χ1) is 7.65. The number of hydrogen-bond donors (Lipinski definition) is 1. The van der Waals surface area contributed by atoms with E-state index in [2.05, 4.69) is 15.4 Å². The second-order valence-electron chi connectivity index (χ2n) is 3.30. The Kier molecular flexibility index (Phi) is 4.42. The highest BCUT2D eigenvalue weighted by atomic mass is 16.5. The Balaban J connectivity index is 2.42. The Morgan fingerprint density at radius 3 is 3.12 bits per heavy atom. The van der Waals surface area contributed by atoms with Crippen LogP contribution in [-0.4, -0.2) is 40.4 Å². The van der Waals surface area contributed by atoms with Crippen LogP contribution in [-0.2, 0) is 16.1 Å². The molecule has 1 atom stereocenters. The summed E-state index contributed by atoms with van der Waals surface area (Å²) < 4.78 is 6.20. The number of amides is 1. The lowest BCUT2D eigenvalue weighted by molar-refractivity contribution is -0.122. The van der Waals surface area contributed by atoms with E-state index in [1.165, 1.54) is 11.0 Å². The van der Waals surface area contributed by atoms with E-state index in [1.807, 2.05) is 6.92 Å². The van der Waals surface area contributed by atoms with Crippen LogP contribution < -0.4 is 5.32 Å². The van der Waals surface area contributed by atoms with Crippen molar-refractivity contribution in [2.75, 3.05) is 13.7 Å². The third kappa shape index (κ3) is 3.67. The van der Waals surface area contributed by atoms with Crippen LogP contribution in [0.3, 0.4) is 0 Å². The molecular formula is C9H13N5O2. The molecule has 7 nitrogen and oxygen atoms in total. The van der Waals surface area contributed by atoms with Crippen LogP contribution >= 0.6 is 0 Å². The van der Waals surface area contributed by atoms with Gasteiger partial charge in [0.1, 0.15) is 18.9 Å². The SMILES string of the molecule is COCC(C)NC(=O)Cn1cnc(C#N)n1. The summed E-state index contributed by atoms with van der Waals surface area (Å²) in [6.07, 6.45) is 1.35. The molecule has 0 saturated heterocycles. The molecule has 0 aliphatic heterocycles. The average molecular weight is 223 g/mol. The van der Waals surface area contributed by atoms with Crippen LogP contribution in [0.25, 0.3) is 0 Å². The van der Waals surface area contributed by atoms with Crippen molar-refractivity contribution in [3.63, 3.8) is 0 Å². The Hall–Kier alpha value is -1.94. The zero-order valence-corrected chi connectivity index (χ0v) is 9.17. The van der Waals surface area contributed by atoms with Crippen molar-refractivity contribution in [3.8, 4) is 6.07 Å². The Morgan fingerprint density at radius 2 is 2.56 bits per heavy atom. The van der Waals surface area contributed by atoms with E-state index in [1.54, 1.807) is 13.2 Å². The Morgan fingerprint density at radius 1 is 1.81 bits per heavy atom. The number of methoxy groups -OCH3 is 1. The molecule has 0 saturated carbocycles. The maximum atomic E-state index is 11.5. The highest BCUT2D eigenvalue weighted by Crippen LogP contribution is 1.89. The average Bonchev–Trinajstić information content (AvgIpc) is 2.65. The predicted molar refractivity (Wildman–Crippen MR) is 54.2 cm³/mol. The molecule has 1 unspecified atom stereocenters. The minimum absolute atomic E-state index is 0.0444. The van der Waals surface area contributed by atoms with Crippen molar-refractivity contribution >= 4 is 5.91 Å². The van der Waals surface area contributed by atoms with Gasteiger partial charge in [-0.05, 0) is 6.92 Å². The van der Waals surface area contributed by atoms with Crippen LogP contribution in [0, 0.1) is 11.3 Å². The lowest BCUT2D eigenvalue weighted by Gasteiger charge is -2.12. The van der Waals surface area contributed by atoms with Gasteiger partial charge in [-0.3, -0.25) is 4.79 Å². The molecule has 16 heavy (non-hydrogen) atoms.